The maximum Gasteiger partial charge on any atom is 0.243 e. The highest BCUT2D eigenvalue weighted by atomic mass is 16.3. The van der Waals surface area contributed by atoms with Crippen molar-refractivity contribution in [1.29, 1.82) is 5.41 Å². The first-order valence-corrected chi connectivity index (χ1v) is 11.2. The Morgan fingerprint density at radius 2 is 1.62 bits per heavy atom. The molecule has 170 valence electrons. The highest BCUT2D eigenvalue weighted by Crippen LogP contribution is 2.25. The van der Waals surface area contributed by atoms with E-state index in [1.165, 1.54) is 19.3 Å². The van der Waals surface area contributed by atoms with Crippen LogP contribution in [0.5, 0.6) is 0 Å². The minimum Gasteiger partial charge on any atom is -0.392 e. The van der Waals surface area contributed by atoms with E-state index in [1.807, 2.05) is 24.3 Å². The number of hydrogen-bond donors (Lipinski definition) is 4. The number of carbonyl (C=O) groups is 2. The summed E-state index contributed by atoms with van der Waals surface area (Å²) in [6, 6.07) is 14.1. The number of nitrogen functional groups attached to an aromatic ring is 1. The van der Waals surface area contributed by atoms with Crippen LogP contribution in [0, 0.1) is 11.3 Å². The molecule has 1 aliphatic rings. The third-order valence-electron chi connectivity index (χ3n) is 5.93. The van der Waals surface area contributed by atoms with Gasteiger partial charge in [0, 0.05) is 17.8 Å². The summed E-state index contributed by atoms with van der Waals surface area (Å²) in [5, 5.41) is 19.5. The lowest BCUT2D eigenvalue weighted by Crippen LogP contribution is -2.42. The second kappa shape index (κ2) is 11.4. The maximum absolute atomic E-state index is 13.1. The van der Waals surface area contributed by atoms with E-state index in [2.05, 4.69) is 5.32 Å². The van der Waals surface area contributed by atoms with Crippen LogP contribution in [0.3, 0.4) is 0 Å². The SMILES string of the molecule is N=C(N)c1ccc(NC(=O)CN(CC2CCCCC2)C(=O)Cc2ccc(CO)cc2)cc1. The molecule has 0 bridgehead atoms. The minimum absolute atomic E-state index is 0.00147. The monoisotopic (exact) mass is 436 g/mol. The zero-order valence-corrected chi connectivity index (χ0v) is 18.3. The Bertz CT molecular complexity index is 919. The zero-order valence-electron chi connectivity index (χ0n) is 18.3. The quantitative estimate of drug-likeness (QED) is 0.357. The number of aliphatic hydroxyl groups excluding tert-OH is 1. The standard InChI is InChI=1S/C25H32N4O3/c26-25(27)21-10-12-22(13-11-21)28-23(31)16-29(15-19-4-2-1-3-5-19)24(32)14-18-6-8-20(17-30)9-7-18/h6-13,19,30H,1-5,14-17H2,(H3,26,27)(H,28,31). The largest absolute Gasteiger partial charge is 0.392 e. The van der Waals surface area contributed by atoms with Crippen molar-refractivity contribution < 1.29 is 14.7 Å². The van der Waals surface area contributed by atoms with Crippen molar-refractivity contribution in [2.45, 2.75) is 45.1 Å². The highest BCUT2D eigenvalue weighted by Gasteiger charge is 2.23. The highest BCUT2D eigenvalue weighted by molar-refractivity contribution is 5.97. The summed E-state index contributed by atoms with van der Waals surface area (Å²) in [4.78, 5) is 27.5. The summed E-state index contributed by atoms with van der Waals surface area (Å²) in [6.07, 6.45) is 5.97. The molecule has 1 aliphatic carbocycles. The van der Waals surface area contributed by atoms with Gasteiger partial charge in [0.1, 0.15) is 5.84 Å². The molecule has 0 saturated heterocycles. The van der Waals surface area contributed by atoms with Crippen molar-refractivity contribution in [3.05, 3.63) is 65.2 Å². The van der Waals surface area contributed by atoms with E-state index in [9.17, 15) is 14.7 Å². The van der Waals surface area contributed by atoms with Crippen molar-refractivity contribution in [1.82, 2.24) is 4.90 Å². The first-order chi connectivity index (χ1) is 15.4. The average molecular weight is 437 g/mol. The van der Waals surface area contributed by atoms with E-state index in [0.29, 0.717) is 23.7 Å². The van der Waals surface area contributed by atoms with Crippen molar-refractivity contribution in [3.63, 3.8) is 0 Å². The third kappa shape index (κ3) is 6.92. The Morgan fingerprint density at radius 3 is 2.22 bits per heavy atom. The number of nitrogens with one attached hydrogen (secondary N) is 2. The number of aliphatic hydroxyl groups is 1. The van der Waals surface area contributed by atoms with Gasteiger partial charge in [-0.3, -0.25) is 15.0 Å². The zero-order chi connectivity index (χ0) is 22.9. The molecule has 0 aromatic heterocycles. The van der Waals surface area contributed by atoms with Crippen LogP contribution in [-0.2, 0) is 22.6 Å². The van der Waals surface area contributed by atoms with E-state index >= 15 is 0 Å². The van der Waals surface area contributed by atoms with Crippen LogP contribution in [-0.4, -0.2) is 40.7 Å². The van der Waals surface area contributed by atoms with E-state index in [4.69, 9.17) is 11.1 Å². The van der Waals surface area contributed by atoms with Crippen LogP contribution in [0.2, 0.25) is 0 Å². The molecule has 1 saturated carbocycles. The minimum atomic E-state index is -0.250. The summed E-state index contributed by atoms with van der Waals surface area (Å²) < 4.78 is 0. The molecule has 2 aromatic carbocycles. The van der Waals surface area contributed by atoms with Crippen molar-refractivity contribution in [2.75, 3.05) is 18.4 Å². The molecule has 0 unspecified atom stereocenters. The summed E-state index contributed by atoms with van der Waals surface area (Å²) in [5.41, 5.74) is 8.32. The summed E-state index contributed by atoms with van der Waals surface area (Å²) in [5.74, 6) is 0.0704. The Balaban J connectivity index is 1.65. The molecule has 0 atom stereocenters. The van der Waals surface area contributed by atoms with Crippen LogP contribution in [0.1, 0.15) is 48.8 Å². The van der Waals surface area contributed by atoms with Gasteiger partial charge in [0.05, 0.1) is 19.6 Å². The maximum atomic E-state index is 13.1. The molecule has 7 nitrogen and oxygen atoms in total. The molecule has 3 rings (SSSR count). The topological polar surface area (TPSA) is 120 Å². The van der Waals surface area contributed by atoms with E-state index in [1.54, 1.807) is 29.2 Å². The van der Waals surface area contributed by atoms with Gasteiger partial charge in [-0.1, -0.05) is 43.5 Å². The van der Waals surface area contributed by atoms with Crippen LogP contribution in [0.15, 0.2) is 48.5 Å². The average Bonchev–Trinajstić information content (AvgIpc) is 2.80. The van der Waals surface area contributed by atoms with Gasteiger partial charge < -0.3 is 21.1 Å². The fourth-order valence-electron chi connectivity index (χ4n) is 4.09. The molecule has 1 fully saturated rings. The van der Waals surface area contributed by atoms with Crippen LogP contribution in [0.25, 0.3) is 0 Å². The predicted octanol–water partition coefficient (Wildman–Crippen LogP) is 3.05. The van der Waals surface area contributed by atoms with Gasteiger partial charge in [-0.2, -0.15) is 0 Å². The molecular weight excluding hydrogens is 404 g/mol. The van der Waals surface area contributed by atoms with Crippen molar-refractivity contribution in [2.24, 2.45) is 11.7 Å². The van der Waals surface area contributed by atoms with Gasteiger partial charge in [-0.25, -0.2) is 0 Å². The Kier molecular flexibility index (Phi) is 8.39. The molecule has 2 amide bonds. The normalized spacial score (nSPS) is 14.0. The second-order valence-electron chi connectivity index (χ2n) is 8.47. The van der Waals surface area contributed by atoms with Gasteiger partial charge in [-0.05, 0) is 54.2 Å². The number of amidine groups is 1. The molecule has 5 N–H and O–H groups in total. The Morgan fingerprint density at radius 1 is 1.00 bits per heavy atom. The Labute approximate surface area is 189 Å². The summed E-state index contributed by atoms with van der Waals surface area (Å²) >= 11 is 0. The second-order valence-corrected chi connectivity index (χ2v) is 8.47. The smallest absolute Gasteiger partial charge is 0.243 e. The molecule has 32 heavy (non-hydrogen) atoms. The number of hydrogen-bond acceptors (Lipinski definition) is 4. The first kappa shape index (κ1) is 23.5. The lowest BCUT2D eigenvalue weighted by Gasteiger charge is -2.29. The van der Waals surface area contributed by atoms with Crippen LogP contribution in [0.4, 0.5) is 5.69 Å². The van der Waals surface area contributed by atoms with E-state index in [-0.39, 0.29) is 37.2 Å². The van der Waals surface area contributed by atoms with Gasteiger partial charge in [0.25, 0.3) is 0 Å². The molecule has 7 heteroatoms. The van der Waals surface area contributed by atoms with E-state index < -0.39 is 0 Å². The molecule has 2 aromatic rings. The number of carbonyl (C=O) groups excluding carboxylic acids is 2. The first-order valence-electron chi connectivity index (χ1n) is 11.2. The number of anilines is 1. The fourth-order valence-corrected chi connectivity index (χ4v) is 4.09. The molecular formula is C25H32N4O3. The van der Waals surface area contributed by atoms with Gasteiger partial charge in [0.15, 0.2) is 0 Å². The number of nitrogens with zero attached hydrogens (tertiary/aromatic N) is 1. The van der Waals surface area contributed by atoms with Gasteiger partial charge in [0.2, 0.25) is 11.8 Å². The van der Waals surface area contributed by atoms with Crippen LogP contribution >= 0.6 is 0 Å². The van der Waals surface area contributed by atoms with Crippen molar-refractivity contribution >= 4 is 23.3 Å². The molecule has 0 heterocycles. The predicted molar refractivity (Wildman–Crippen MR) is 125 cm³/mol. The summed E-state index contributed by atoms with van der Waals surface area (Å²) in [6.45, 7) is 0.554. The lowest BCUT2D eigenvalue weighted by molar-refractivity contribution is -0.134. The number of rotatable bonds is 9. The lowest BCUT2D eigenvalue weighted by atomic mass is 9.89. The van der Waals surface area contributed by atoms with Crippen LogP contribution < -0.4 is 11.1 Å². The van der Waals surface area contributed by atoms with Crippen molar-refractivity contribution in [3.8, 4) is 0 Å². The van der Waals surface area contributed by atoms with Gasteiger partial charge in [-0.15, -0.1) is 0 Å². The number of benzene rings is 2. The van der Waals surface area contributed by atoms with Gasteiger partial charge >= 0.3 is 0 Å². The molecule has 0 aliphatic heterocycles. The third-order valence-corrected chi connectivity index (χ3v) is 5.93. The fraction of sp³-hybridized carbons (Fsp3) is 0.400. The van der Waals surface area contributed by atoms with E-state index in [0.717, 1.165) is 24.0 Å². The number of nitrogens with two attached hydrogens (primary N) is 1. The molecule has 0 radical (unpaired) electrons. The molecule has 0 spiro atoms. The number of amides is 2. The summed E-state index contributed by atoms with van der Waals surface area (Å²) in [7, 11) is 0. The Hall–Kier alpha value is -3.19.